The molecule has 2 amide bonds. The van der Waals surface area contributed by atoms with Crippen LogP contribution >= 0.6 is 0 Å². The van der Waals surface area contributed by atoms with Crippen molar-refractivity contribution in [2.75, 3.05) is 17.5 Å². The summed E-state index contributed by atoms with van der Waals surface area (Å²) >= 11 is 0. The van der Waals surface area contributed by atoms with E-state index in [0.717, 1.165) is 19.2 Å². The SMILES string of the molecule is CON(C(=O)Nc1ccc(CC(=O)OC(C)(C)C)cc1)c1ccccc1C(F)(F)F. The van der Waals surface area contributed by atoms with E-state index in [1.807, 2.05) is 0 Å². The fraction of sp³-hybridized carbons (Fsp3) is 0.333. The molecule has 0 aliphatic carbocycles. The van der Waals surface area contributed by atoms with Gasteiger partial charge in [0.2, 0.25) is 0 Å². The normalized spacial score (nSPS) is 11.7. The monoisotopic (exact) mass is 424 g/mol. The van der Waals surface area contributed by atoms with Crippen LogP contribution in [0.3, 0.4) is 0 Å². The third kappa shape index (κ3) is 6.48. The summed E-state index contributed by atoms with van der Waals surface area (Å²) in [6.45, 7) is 5.30. The first kappa shape index (κ1) is 23.2. The van der Waals surface area contributed by atoms with Gasteiger partial charge in [-0.1, -0.05) is 24.3 Å². The number of esters is 1. The zero-order valence-corrected chi connectivity index (χ0v) is 17.0. The van der Waals surface area contributed by atoms with Crippen molar-refractivity contribution in [2.24, 2.45) is 0 Å². The summed E-state index contributed by atoms with van der Waals surface area (Å²) in [5, 5.41) is 2.99. The molecule has 0 spiro atoms. The number of nitrogens with zero attached hydrogens (tertiary/aromatic N) is 1. The minimum atomic E-state index is -4.66. The van der Waals surface area contributed by atoms with E-state index in [9.17, 15) is 22.8 Å². The first-order valence-corrected chi connectivity index (χ1v) is 9.03. The number of nitrogens with one attached hydrogen (secondary N) is 1. The van der Waals surface area contributed by atoms with Gasteiger partial charge in [-0.2, -0.15) is 18.2 Å². The summed E-state index contributed by atoms with van der Waals surface area (Å²) in [7, 11) is 1.09. The number of anilines is 2. The lowest BCUT2D eigenvalue weighted by Crippen LogP contribution is -2.35. The number of halogens is 3. The summed E-state index contributed by atoms with van der Waals surface area (Å²) in [6, 6.07) is 9.96. The van der Waals surface area contributed by atoms with Crippen molar-refractivity contribution in [2.45, 2.75) is 39.0 Å². The molecule has 0 unspecified atom stereocenters. The molecule has 0 fully saturated rings. The molecule has 0 aliphatic rings. The van der Waals surface area contributed by atoms with Crippen LogP contribution in [-0.2, 0) is 27.0 Å². The zero-order chi connectivity index (χ0) is 22.5. The van der Waals surface area contributed by atoms with Gasteiger partial charge in [0.15, 0.2) is 0 Å². The molecule has 0 atom stereocenters. The fourth-order valence-corrected chi connectivity index (χ4v) is 2.61. The van der Waals surface area contributed by atoms with Crippen LogP contribution in [0.5, 0.6) is 0 Å². The zero-order valence-electron chi connectivity index (χ0n) is 17.0. The second-order valence-corrected chi connectivity index (χ2v) is 7.38. The van der Waals surface area contributed by atoms with Crippen molar-refractivity contribution in [3.63, 3.8) is 0 Å². The molecular weight excluding hydrogens is 401 g/mol. The molecule has 0 aromatic heterocycles. The van der Waals surface area contributed by atoms with Gasteiger partial charge in [0.25, 0.3) is 0 Å². The van der Waals surface area contributed by atoms with E-state index in [-0.39, 0.29) is 6.42 Å². The summed E-state index contributed by atoms with van der Waals surface area (Å²) in [4.78, 5) is 29.3. The average Bonchev–Trinajstić information content (AvgIpc) is 2.62. The highest BCUT2D eigenvalue weighted by Crippen LogP contribution is 2.36. The Labute approximate surface area is 172 Å². The third-order valence-corrected chi connectivity index (χ3v) is 3.77. The standard InChI is InChI=1S/C21H23F3N2O4/c1-20(2,3)30-18(27)13-14-9-11-15(12-10-14)25-19(28)26(29-4)17-8-6-5-7-16(17)21(22,23)24/h5-12H,13H2,1-4H3,(H,25,28). The minimum absolute atomic E-state index is 0.0502. The Balaban J connectivity index is 2.11. The molecule has 0 aliphatic heterocycles. The van der Waals surface area contributed by atoms with E-state index in [4.69, 9.17) is 9.57 Å². The van der Waals surface area contributed by atoms with Crippen molar-refractivity contribution >= 4 is 23.4 Å². The maximum atomic E-state index is 13.2. The Morgan fingerprint density at radius 1 is 1.00 bits per heavy atom. The summed E-state index contributed by atoms with van der Waals surface area (Å²) < 4.78 is 45.0. The molecule has 2 rings (SSSR count). The number of rotatable bonds is 5. The van der Waals surface area contributed by atoms with Crippen LogP contribution < -0.4 is 10.4 Å². The molecule has 0 saturated heterocycles. The van der Waals surface area contributed by atoms with Crippen molar-refractivity contribution in [3.05, 3.63) is 59.7 Å². The van der Waals surface area contributed by atoms with Gasteiger partial charge in [-0.05, 0) is 50.6 Å². The van der Waals surface area contributed by atoms with E-state index in [0.29, 0.717) is 16.3 Å². The highest BCUT2D eigenvalue weighted by Gasteiger charge is 2.36. The number of hydrogen-bond acceptors (Lipinski definition) is 4. The van der Waals surface area contributed by atoms with E-state index in [1.54, 1.807) is 32.9 Å². The number of para-hydroxylation sites is 1. The van der Waals surface area contributed by atoms with Crippen LogP contribution in [0.4, 0.5) is 29.3 Å². The molecule has 0 saturated carbocycles. The second kappa shape index (κ2) is 9.17. The van der Waals surface area contributed by atoms with Crippen LogP contribution in [0.2, 0.25) is 0 Å². The number of carbonyl (C=O) groups excluding carboxylic acids is 2. The number of amides is 2. The molecule has 162 valence electrons. The quantitative estimate of drug-likeness (QED) is 0.530. The van der Waals surface area contributed by atoms with Crippen molar-refractivity contribution in [3.8, 4) is 0 Å². The Hall–Kier alpha value is -3.07. The number of benzene rings is 2. The molecule has 2 aromatic rings. The van der Waals surface area contributed by atoms with E-state index in [1.165, 1.54) is 24.3 Å². The maximum Gasteiger partial charge on any atom is 0.418 e. The molecule has 0 bridgehead atoms. The first-order valence-electron chi connectivity index (χ1n) is 9.03. The van der Waals surface area contributed by atoms with Gasteiger partial charge in [-0.3, -0.25) is 9.63 Å². The Kier molecular flexibility index (Phi) is 7.09. The molecule has 1 N–H and O–H groups in total. The van der Waals surface area contributed by atoms with Gasteiger partial charge >= 0.3 is 18.2 Å². The third-order valence-electron chi connectivity index (χ3n) is 3.77. The largest absolute Gasteiger partial charge is 0.460 e. The molecule has 0 radical (unpaired) electrons. The van der Waals surface area contributed by atoms with E-state index < -0.39 is 35.0 Å². The van der Waals surface area contributed by atoms with Gasteiger partial charge in [-0.25, -0.2) is 4.79 Å². The van der Waals surface area contributed by atoms with Crippen molar-refractivity contribution < 1.29 is 32.3 Å². The second-order valence-electron chi connectivity index (χ2n) is 7.38. The lowest BCUT2D eigenvalue weighted by Gasteiger charge is -2.23. The highest BCUT2D eigenvalue weighted by atomic mass is 19.4. The number of alkyl halides is 3. The Morgan fingerprint density at radius 3 is 2.13 bits per heavy atom. The van der Waals surface area contributed by atoms with Crippen LogP contribution in [-0.4, -0.2) is 24.7 Å². The van der Waals surface area contributed by atoms with Gasteiger partial charge in [0, 0.05) is 5.69 Å². The topological polar surface area (TPSA) is 67.9 Å². The first-order chi connectivity index (χ1) is 13.9. The highest BCUT2D eigenvalue weighted by molar-refractivity contribution is 6.00. The summed E-state index contributed by atoms with van der Waals surface area (Å²) in [5.41, 5.74) is -1.06. The van der Waals surface area contributed by atoms with Crippen LogP contribution in [0.25, 0.3) is 0 Å². The van der Waals surface area contributed by atoms with Crippen LogP contribution in [0.15, 0.2) is 48.5 Å². The number of urea groups is 1. The van der Waals surface area contributed by atoms with Crippen LogP contribution in [0, 0.1) is 0 Å². The molecule has 0 heterocycles. The fourth-order valence-electron chi connectivity index (χ4n) is 2.61. The molecule has 30 heavy (non-hydrogen) atoms. The number of hydroxylamine groups is 1. The molecular formula is C21H23F3N2O4. The number of hydrogen-bond donors (Lipinski definition) is 1. The van der Waals surface area contributed by atoms with Gasteiger partial charge in [0.1, 0.15) is 5.60 Å². The van der Waals surface area contributed by atoms with E-state index in [2.05, 4.69) is 5.32 Å². The summed E-state index contributed by atoms with van der Waals surface area (Å²) in [6.07, 6.45) is -4.61. The number of ether oxygens (including phenoxy) is 1. The van der Waals surface area contributed by atoms with Crippen LogP contribution in [0.1, 0.15) is 31.9 Å². The van der Waals surface area contributed by atoms with Crippen molar-refractivity contribution in [1.82, 2.24) is 0 Å². The molecule has 6 nitrogen and oxygen atoms in total. The number of carbonyl (C=O) groups is 2. The average molecular weight is 424 g/mol. The minimum Gasteiger partial charge on any atom is -0.460 e. The van der Waals surface area contributed by atoms with E-state index >= 15 is 0 Å². The van der Waals surface area contributed by atoms with Gasteiger partial charge in [0.05, 0.1) is 24.8 Å². The van der Waals surface area contributed by atoms with Gasteiger partial charge in [-0.15, -0.1) is 0 Å². The Bertz CT molecular complexity index is 890. The predicted molar refractivity (Wildman–Crippen MR) is 106 cm³/mol. The maximum absolute atomic E-state index is 13.2. The molecule has 2 aromatic carbocycles. The van der Waals surface area contributed by atoms with Gasteiger partial charge < -0.3 is 10.1 Å². The van der Waals surface area contributed by atoms with Crippen molar-refractivity contribution in [1.29, 1.82) is 0 Å². The smallest absolute Gasteiger partial charge is 0.418 e. The Morgan fingerprint density at radius 2 is 1.60 bits per heavy atom. The predicted octanol–water partition coefficient (Wildman–Crippen LogP) is 5.19. The lowest BCUT2D eigenvalue weighted by molar-refractivity contribution is -0.153. The summed E-state index contributed by atoms with van der Waals surface area (Å²) in [5.74, 6) is -0.395. The lowest BCUT2D eigenvalue weighted by atomic mass is 10.1. The molecule has 9 heteroatoms.